The number of nitrogens with one attached hydrogen (secondary N) is 2. The van der Waals surface area contributed by atoms with Crippen LogP contribution < -0.4 is 10.6 Å². The van der Waals surface area contributed by atoms with Crippen molar-refractivity contribution in [1.29, 1.82) is 0 Å². The Balaban J connectivity index is 1.43. The van der Waals surface area contributed by atoms with Gasteiger partial charge in [-0.2, -0.15) is 13.2 Å². The molecule has 2 N–H and O–H groups in total. The van der Waals surface area contributed by atoms with Crippen LogP contribution in [0.2, 0.25) is 0 Å². The summed E-state index contributed by atoms with van der Waals surface area (Å²) < 4.78 is 46.8. The monoisotopic (exact) mass is 430 g/mol. The van der Waals surface area contributed by atoms with Crippen LogP contribution in [0.15, 0.2) is 48.5 Å². The minimum Gasteiger partial charge on any atom is -0.378 e. The van der Waals surface area contributed by atoms with E-state index in [0.29, 0.717) is 11.6 Å². The van der Waals surface area contributed by atoms with Crippen molar-refractivity contribution in [3.63, 3.8) is 0 Å². The molecule has 0 spiro atoms. The van der Waals surface area contributed by atoms with E-state index in [4.69, 9.17) is 4.74 Å². The highest BCUT2D eigenvalue weighted by molar-refractivity contribution is 5.58. The molecule has 2 aliphatic heterocycles. The van der Waals surface area contributed by atoms with Crippen molar-refractivity contribution in [3.05, 3.63) is 65.2 Å². The van der Waals surface area contributed by atoms with E-state index < -0.39 is 11.7 Å². The normalized spacial score (nSPS) is 28.6. The number of hydrogen-bond donors (Lipinski definition) is 2. The van der Waals surface area contributed by atoms with Gasteiger partial charge in [0.1, 0.15) is 0 Å². The van der Waals surface area contributed by atoms with Crippen LogP contribution in [-0.4, -0.2) is 18.7 Å². The van der Waals surface area contributed by atoms with Crippen molar-refractivity contribution >= 4 is 5.69 Å². The van der Waals surface area contributed by atoms with Gasteiger partial charge in [0.15, 0.2) is 0 Å². The van der Waals surface area contributed by atoms with E-state index in [1.807, 2.05) is 18.2 Å². The van der Waals surface area contributed by atoms with Crippen molar-refractivity contribution < 1.29 is 17.9 Å². The van der Waals surface area contributed by atoms with Gasteiger partial charge in [-0.05, 0) is 49.4 Å². The number of fused-ring (bicyclic) bond motifs is 3. The quantitative estimate of drug-likeness (QED) is 0.602. The molecule has 2 heterocycles. The summed E-state index contributed by atoms with van der Waals surface area (Å²) in [6.45, 7) is 0.769. The molecule has 4 atom stereocenters. The van der Waals surface area contributed by atoms with Gasteiger partial charge in [0.25, 0.3) is 0 Å². The first-order valence-electron chi connectivity index (χ1n) is 11.4. The average molecular weight is 431 g/mol. The van der Waals surface area contributed by atoms with Crippen LogP contribution in [-0.2, 0) is 10.9 Å². The third kappa shape index (κ3) is 4.33. The van der Waals surface area contributed by atoms with Crippen LogP contribution in [0.25, 0.3) is 0 Å². The fraction of sp³-hybridized carbons (Fsp3) is 0.520. The Morgan fingerprint density at radius 3 is 2.48 bits per heavy atom. The number of halogens is 3. The first-order chi connectivity index (χ1) is 15.0. The van der Waals surface area contributed by atoms with Gasteiger partial charge >= 0.3 is 6.18 Å². The summed E-state index contributed by atoms with van der Waals surface area (Å²) in [6.07, 6.45) is 2.11. The van der Waals surface area contributed by atoms with Gasteiger partial charge in [0.05, 0.1) is 23.8 Å². The summed E-state index contributed by atoms with van der Waals surface area (Å²) in [5, 5.41) is 7.15. The topological polar surface area (TPSA) is 33.3 Å². The third-order valence-electron chi connectivity index (χ3n) is 7.12. The van der Waals surface area contributed by atoms with E-state index >= 15 is 0 Å². The third-order valence-corrected chi connectivity index (χ3v) is 7.12. The maximum Gasteiger partial charge on any atom is 0.416 e. The molecule has 1 saturated carbocycles. The highest BCUT2D eigenvalue weighted by Crippen LogP contribution is 2.51. The van der Waals surface area contributed by atoms with Crippen molar-refractivity contribution in [2.24, 2.45) is 5.92 Å². The summed E-state index contributed by atoms with van der Waals surface area (Å²) in [7, 11) is 0. The van der Waals surface area contributed by atoms with Crippen molar-refractivity contribution in [3.8, 4) is 0 Å². The fourth-order valence-electron chi connectivity index (χ4n) is 5.50. The zero-order chi connectivity index (χ0) is 21.4. The smallest absolute Gasteiger partial charge is 0.378 e. The van der Waals surface area contributed by atoms with Crippen molar-refractivity contribution in [2.75, 3.05) is 11.9 Å². The van der Waals surface area contributed by atoms with E-state index in [1.165, 1.54) is 31.7 Å². The molecule has 0 radical (unpaired) electrons. The van der Waals surface area contributed by atoms with Crippen molar-refractivity contribution in [2.45, 2.75) is 69.0 Å². The Hall–Kier alpha value is -2.05. The summed E-state index contributed by atoms with van der Waals surface area (Å²) in [5.74, 6) is 0.0983. The maximum atomic E-state index is 13.4. The molecule has 166 valence electrons. The average Bonchev–Trinajstić information content (AvgIpc) is 3.30. The number of anilines is 1. The van der Waals surface area contributed by atoms with Crippen LogP contribution in [0.5, 0.6) is 0 Å². The Morgan fingerprint density at radius 2 is 1.74 bits per heavy atom. The molecule has 6 heteroatoms. The lowest BCUT2D eigenvalue weighted by Gasteiger charge is -2.46. The van der Waals surface area contributed by atoms with Crippen molar-refractivity contribution in [1.82, 2.24) is 5.32 Å². The van der Waals surface area contributed by atoms with Crippen LogP contribution >= 0.6 is 0 Å². The largest absolute Gasteiger partial charge is 0.416 e. The second-order valence-corrected chi connectivity index (χ2v) is 9.14. The van der Waals surface area contributed by atoms with Crippen LogP contribution in [0.4, 0.5) is 18.9 Å². The number of ether oxygens (including phenoxy) is 1. The van der Waals surface area contributed by atoms with E-state index in [9.17, 15) is 13.2 Å². The molecule has 0 unspecified atom stereocenters. The lowest BCUT2D eigenvalue weighted by atomic mass is 9.76. The molecular formula is C25H29F3N2O. The summed E-state index contributed by atoms with van der Waals surface area (Å²) in [6, 6.07) is 14.7. The van der Waals surface area contributed by atoms with Crippen LogP contribution in [0.1, 0.15) is 67.4 Å². The SMILES string of the molecule is FC(F)(F)c1ccc2c(c1)[C@H]1O[C@@H](CNC3CCCC3)CC[C@H]1[C@H](c1ccccc1)N2. The number of benzene rings is 2. The molecular weight excluding hydrogens is 401 g/mol. The minimum absolute atomic E-state index is 0.0266. The van der Waals surface area contributed by atoms with Gasteiger partial charge in [-0.3, -0.25) is 0 Å². The molecule has 2 aromatic carbocycles. The standard InChI is InChI=1S/C25H29F3N2O/c26-25(27,28)17-10-13-22-21(14-17)24-20(23(30-22)16-6-2-1-3-7-16)12-11-19(31-24)15-29-18-8-4-5-9-18/h1-3,6-7,10,13-14,18-20,23-24,29-30H,4-5,8-9,11-12,15H2/t19-,20+,23+,24+/m1/s1. The number of alkyl halides is 3. The highest BCUT2D eigenvalue weighted by Gasteiger charge is 2.43. The Kier molecular flexibility index (Phi) is 5.69. The van der Waals surface area contributed by atoms with Gasteiger partial charge in [-0.25, -0.2) is 0 Å². The first kappa shape index (κ1) is 20.8. The lowest BCUT2D eigenvalue weighted by Crippen LogP contribution is -2.43. The predicted molar refractivity (Wildman–Crippen MR) is 115 cm³/mol. The molecule has 3 aliphatic rings. The van der Waals surface area contributed by atoms with Crippen LogP contribution in [0, 0.1) is 5.92 Å². The van der Waals surface area contributed by atoms with Gasteiger partial charge < -0.3 is 15.4 Å². The van der Waals surface area contributed by atoms with Gasteiger partial charge in [-0.1, -0.05) is 43.2 Å². The highest BCUT2D eigenvalue weighted by atomic mass is 19.4. The molecule has 0 bridgehead atoms. The summed E-state index contributed by atoms with van der Waals surface area (Å²) >= 11 is 0. The molecule has 2 aromatic rings. The van der Waals surface area contributed by atoms with Gasteiger partial charge in [0, 0.05) is 29.8 Å². The van der Waals surface area contributed by atoms with E-state index in [0.717, 1.165) is 36.7 Å². The fourth-order valence-corrected chi connectivity index (χ4v) is 5.50. The molecule has 1 aliphatic carbocycles. The van der Waals surface area contributed by atoms with E-state index in [-0.39, 0.29) is 24.2 Å². The predicted octanol–water partition coefficient (Wildman–Crippen LogP) is 6.24. The first-order valence-corrected chi connectivity index (χ1v) is 11.4. The molecule has 0 amide bonds. The Morgan fingerprint density at radius 1 is 0.968 bits per heavy atom. The molecule has 5 rings (SSSR count). The number of hydrogen-bond acceptors (Lipinski definition) is 3. The van der Waals surface area contributed by atoms with E-state index in [2.05, 4.69) is 22.8 Å². The maximum absolute atomic E-state index is 13.4. The zero-order valence-electron chi connectivity index (χ0n) is 17.5. The van der Waals surface area contributed by atoms with Crippen LogP contribution in [0.3, 0.4) is 0 Å². The molecule has 3 nitrogen and oxygen atoms in total. The van der Waals surface area contributed by atoms with Gasteiger partial charge in [-0.15, -0.1) is 0 Å². The summed E-state index contributed by atoms with van der Waals surface area (Å²) in [5.41, 5.74) is 1.92. The number of rotatable bonds is 4. The van der Waals surface area contributed by atoms with E-state index in [1.54, 1.807) is 6.07 Å². The zero-order valence-corrected chi connectivity index (χ0v) is 17.5. The lowest BCUT2D eigenvalue weighted by molar-refractivity contribution is -0.138. The second-order valence-electron chi connectivity index (χ2n) is 9.14. The molecule has 1 saturated heterocycles. The molecule has 31 heavy (non-hydrogen) atoms. The molecule has 0 aromatic heterocycles. The van der Waals surface area contributed by atoms with Gasteiger partial charge in [0.2, 0.25) is 0 Å². The second kappa shape index (κ2) is 8.47. The minimum atomic E-state index is -4.36. The Bertz CT molecular complexity index is 895. The molecule has 2 fully saturated rings. The summed E-state index contributed by atoms with van der Waals surface area (Å²) in [4.78, 5) is 0. The Labute approximate surface area is 181 Å².